The summed E-state index contributed by atoms with van der Waals surface area (Å²) >= 11 is 5.99. The summed E-state index contributed by atoms with van der Waals surface area (Å²) in [5, 5.41) is 13.3. The predicted octanol–water partition coefficient (Wildman–Crippen LogP) is 2.94. The van der Waals surface area contributed by atoms with Crippen LogP contribution in [0.2, 0.25) is 5.02 Å². The number of fused-ring (bicyclic) bond motifs is 1. The van der Waals surface area contributed by atoms with Gasteiger partial charge in [-0.1, -0.05) is 24.6 Å². The minimum absolute atomic E-state index is 0.277. The van der Waals surface area contributed by atoms with Crippen LogP contribution in [0.15, 0.2) is 18.2 Å². The fourth-order valence-corrected chi connectivity index (χ4v) is 2.66. The van der Waals surface area contributed by atoms with Crippen LogP contribution in [0.1, 0.15) is 36.9 Å². The minimum Gasteiger partial charge on any atom is -0.396 e. The standard InChI is InChI=1S/C14H20ClNO/c1-10(6-7-17)9-16-14-5-2-11-8-12(15)3-4-13(11)14/h3-4,8,10,14,16-17H,2,5-7,9H2,1H3. The van der Waals surface area contributed by atoms with Crippen molar-refractivity contribution in [3.8, 4) is 0 Å². The summed E-state index contributed by atoms with van der Waals surface area (Å²) in [6.07, 6.45) is 3.14. The number of aliphatic hydroxyl groups is 1. The van der Waals surface area contributed by atoms with Gasteiger partial charge in [0.1, 0.15) is 0 Å². The van der Waals surface area contributed by atoms with Crippen molar-refractivity contribution in [3.05, 3.63) is 34.3 Å². The molecule has 0 fully saturated rings. The SMILES string of the molecule is CC(CCO)CNC1CCc2cc(Cl)ccc21. The average molecular weight is 254 g/mol. The molecule has 1 aliphatic carbocycles. The van der Waals surface area contributed by atoms with Crippen LogP contribution in [0, 0.1) is 5.92 Å². The Morgan fingerprint density at radius 2 is 2.35 bits per heavy atom. The zero-order valence-corrected chi connectivity index (χ0v) is 11.0. The molecule has 2 rings (SSSR count). The Balaban J connectivity index is 1.93. The smallest absolute Gasteiger partial charge is 0.0434 e. The maximum Gasteiger partial charge on any atom is 0.0434 e. The van der Waals surface area contributed by atoms with Crippen LogP contribution in [-0.2, 0) is 6.42 Å². The van der Waals surface area contributed by atoms with E-state index in [2.05, 4.69) is 24.4 Å². The summed E-state index contributed by atoms with van der Waals surface area (Å²) in [6, 6.07) is 6.65. The molecule has 3 heteroatoms. The van der Waals surface area contributed by atoms with Gasteiger partial charge in [-0.15, -0.1) is 0 Å². The number of nitrogens with one attached hydrogen (secondary N) is 1. The third-order valence-electron chi connectivity index (χ3n) is 3.52. The Morgan fingerprint density at radius 1 is 1.53 bits per heavy atom. The number of hydrogen-bond acceptors (Lipinski definition) is 2. The molecule has 2 atom stereocenters. The molecule has 1 aromatic carbocycles. The number of rotatable bonds is 5. The summed E-state index contributed by atoms with van der Waals surface area (Å²) in [5.41, 5.74) is 2.77. The highest BCUT2D eigenvalue weighted by atomic mass is 35.5. The van der Waals surface area contributed by atoms with Gasteiger partial charge in [-0.05, 0) is 55.0 Å². The summed E-state index contributed by atoms with van der Waals surface area (Å²) in [4.78, 5) is 0. The average Bonchev–Trinajstić information content (AvgIpc) is 2.69. The first-order valence-electron chi connectivity index (χ1n) is 6.33. The molecule has 2 nitrogen and oxygen atoms in total. The summed E-state index contributed by atoms with van der Waals surface area (Å²) < 4.78 is 0. The van der Waals surface area contributed by atoms with Gasteiger partial charge in [-0.2, -0.15) is 0 Å². The van der Waals surface area contributed by atoms with Crippen LogP contribution >= 0.6 is 11.6 Å². The molecule has 0 aromatic heterocycles. The van der Waals surface area contributed by atoms with E-state index in [0.29, 0.717) is 12.0 Å². The monoisotopic (exact) mass is 253 g/mol. The number of aryl methyl sites for hydroxylation is 1. The lowest BCUT2D eigenvalue weighted by Gasteiger charge is -2.17. The quantitative estimate of drug-likeness (QED) is 0.846. The van der Waals surface area contributed by atoms with Crippen molar-refractivity contribution < 1.29 is 5.11 Å². The molecule has 94 valence electrons. The number of aliphatic hydroxyl groups excluding tert-OH is 1. The van der Waals surface area contributed by atoms with E-state index in [1.165, 1.54) is 11.1 Å². The van der Waals surface area contributed by atoms with Gasteiger partial charge in [0.15, 0.2) is 0 Å². The molecule has 0 radical (unpaired) electrons. The normalized spacial score (nSPS) is 20.3. The predicted molar refractivity (Wildman–Crippen MR) is 71.4 cm³/mol. The Kier molecular flexibility index (Phi) is 4.43. The van der Waals surface area contributed by atoms with E-state index < -0.39 is 0 Å². The largest absolute Gasteiger partial charge is 0.396 e. The van der Waals surface area contributed by atoms with Crippen molar-refractivity contribution in [3.63, 3.8) is 0 Å². The van der Waals surface area contributed by atoms with Gasteiger partial charge in [0.25, 0.3) is 0 Å². The summed E-state index contributed by atoms with van der Waals surface area (Å²) in [5.74, 6) is 0.524. The lowest BCUT2D eigenvalue weighted by Crippen LogP contribution is -2.25. The zero-order chi connectivity index (χ0) is 12.3. The van der Waals surface area contributed by atoms with Crippen molar-refractivity contribution in [2.24, 2.45) is 5.92 Å². The minimum atomic E-state index is 0.277. The van der Waals surface area contributed by atoms with Gasteiger partial charge in [0.2, 0.25) is 0 Å². The maximum atomic E-state index is 8.87. The highest BCUT2D eigenvalue weighted by Crippen LogP contribution is 2.32. The number of hydrogen-bond donors (Lipinski definition) is 2. The second-order valence-electron chi connectivity index (χ2n) is 4.96. The van der Waals surface area contributed by atoms with Crippen LogP contribution < -0.4 is 5.32 Å². The third kappa shape index (κ3) is 3.21. The van der Waals surface area contributed by atoms with Crippen LogP contribution in [-0.4, -0.2) is 18.3 Å². The molecule has 2 unspecified atom stereocenters. The van der Waals surface area contributed by atoms with E-state index in [9.17, 15) is 0 Å². The first-order valence-corrected chi connectivity index (χ1v) is 6.71. The topological polar surface area (TPSA) is 32.3 Å². The second-order valence-corrected chi connectivity index (χ2v) is 5.40. The van der Waals surface area contributed by atoms with Crippen molar-refractivity contribution in [1.82, 2.24) is 5.32 Å². The van der Waals surface area contributed by atoms with Gasteiger partial charge in [-0.3, -0.25) is 0 Å². The van der Waals surface area contributed by atoms with Crippen LogP contribution in [0.5, 0.6) is 0 Å². The molecule has 0 saturated heterocycles. The highest BCUT2D eigenvalue weighted by molar-refractivity contribution is 6.30. The Bertz CT molecular complexity index is 380. The van der Waals surface area contributed by atoms with Gasteiger partial charge >= 0.3 is 0 Å². The molecule has 2 N–H and O–H groups in total. The van der Waals surface area contributed by atoms with Crippen LogP contribution in [0.25, 0.3) is 0 Å². The van der Waals surface area contributed by atoms with Gasteiger partial charge < -0.3 is 10.4 Å². The summed E-state index contributed by atoms with van der Waals surface area (Å²) in [6.45, 7) is 3.41. The van der Waals surface area contributed by atoms with Crippen LogP contribution in [0.4, 0.5) is 0 Å². The lowest BCUT2D eigenvalue weighted by atomic mass is 10.1. The molecule has 0 aliphatic heterocycles. The Morgan fingerprint density at radius 3 is 3.12 bits per heavy atom. The molecular formula is C14H20ClNO. The molecule has 0 bridgehead atoms. The molecule has 17 heavy (non-hydrogen) atoms. The van der Waals surface area contributed by atoms with Gasteiger partial charge in [-0.25, -0.2) is 0 Å². The molecular weight excluding hydrogens is 234 g/mol. The van der Waals surface area contributed by atoms with Crippen molar-refractivity contribution in [2.45, 2.75) is 32.2 Å². The van der Waals surface area contributed by atoms with Crippen molar-refractivity contribution in [1.29, 1.82) is 0 Å². The molecule has 0 amide bonds. The fourth-order valence-electron chi connectivity index (χ4n) is 2.46. The first kappa shape index (κ1) is 12.9. The van der Waals surface area contributed by atoms with Crippen LogP contribution in [0.3, 0.4) is 0 Å². The van der Waals surface area contributed by atoms with E-state index in [-0.39, 0.29) is 6.61 Å². The number of halogens is 1. The number of benzene rings is 1. The van der Waals surface area contributed by atoms with E-state index in [1.54, 1.807) is 0 Å². The second kappa shape index (κ2) is 5.85. The third-order valence-corrected chi connectivity index (χ3v) is 3.75. The molecule has 0 saturated carbocycles. The zero-order valence-electron chi connectivity index (χ0n) is 10.2. The maximum absolute atomic E-state index is 8.87. The van der Waals surface area contributed by atoms with Gasteiger partial charge in [0.05, 0.1) is 0 Å². The molecule has 0 spiro atoms. The molecule has 1 aliphatic rings. The first-order chi connectivity index (χ1) is 8.20. The Labute approximate surface area is 108 Å². The van der Waals surface area contributed by atoms with E-state index in [0.717, 1.165) is 30.8 Å². The lowest BCUT2D eigenvalue weighted by molar-refractivity contribution is 0.257. The highest BCUT2D eigenvalue weighted by Gasteiger charge is 2.22. The van der Waals surface area contributed by atoms with E-state index in [4.69, 9.17) is 16.7 Å². The molecule has 1 aromatic rings. The van der Waals surface area contributed by atoms with E-state index in [1.807, 2.05) is 6.07 Å². The molecule has 0 heterocycles. The van der Waals surface area contributed by atoms with Crippen molar-refractivity contribution in [2.75, 3.05) is 13.2 Å². The fraction of sp³-hybridized carbons (Fsp3) is 0.571. The summed E-state index contributed by atoms with van der Waals surface area (Å²) in [7, 11) is 0. The van der Waals surface area contributed by atoms with Crippen molar-refractivity contribution >= 4 is 11.6 Å². The Hall–Kier alpha value is -0.570. The van der Waals surface area contributed by atoms with E-state index >= 15 is 0 Å². The van der Waals surface area contributed by atoms with Gasteiger partial charge in [0, 0.05) is 17.7 Å².